The fourth-order valence-corrected chi connectivity index (χ4v) is 3.44. The van der Waals surface area contributed by atoms with Gasteiger partial charge in [-0.3, -0.25) is 0 Å². The van der Waals surface area contributed by atoms with Gasteiger partial charge < -0.3 is 8.85 Å². The standard InChI is InChI=1S/C12H26O2Si/c1-5-6-7-8-9-10-11-12(2)15(13-3)14-4/h5,12,15H,1,6-11H2,2-4H3. The van der Waals surface area contributed by atoms with Crippen molar-refractivity contribution >= 4 is 9.28 Å². The van der Waals surface area contributed by atoms with Crippen LogP contribution in [-0.2, 0) is 8.85 Å². The third-order valence-corrected chi connectivity index (χ3v) is 4.94. The molecular formula is C12H26O2Si. The second kappa shape index (κ2) is 10.4. The molecule has 0 bridgehead atoms. The Labute approximate surface area is 96.5 Å². The molecule has 0 aliphatic heterocycles. The maximum absolute atomic E-state index is 5.36. The molecule has 0 aliphatic rings. The lowest BCUT2D eigenvalue weighted by molar-refractivity contribution is 0.264. The van der Waals surface area contributed by atoms with Crippen molar-refractivity contribution in [2.45, 2.75) is 51.0 Å². The lowest BCUT2D eigenvalue weighted by Crippen LogP contribution is -2.24. The molecule has 1 atom stereocenters. The lowest BCUT2D eigenvalue weighted by Gasteiger charge is -2.18. The molecule has 0 amide bonds. The highest BCUT2D eigenvalue weighted by atomic mass is 28.3. The van der Waals surface area contributed by atoms with E-state index in [9.17, 15) is 0 Å². The van der Waals surface area contributed by atoms with Gasteiger partial charge in [-0.25, -0.2) is 0 Å². The van der Waals surface area contributed by atoms with E-state index < -0.39 is 9.28 Å². The van der Waals surface area contributed by atoms with Crippen LogP contribution in [-0.4, -0.2) is 23.5 Å². The summed E-state index contributed by atoms with van der Waals surface area (Å²) in [5.74, 6) is 0. The average molecular weight is 230 g/mol. The quantitative estimate of drug-likeness (QED) is 0.325. The van der Waals surface area contributed by atoms with Crippen LogP contribution in [0.3, 0.4) is 0 Å². The first-order valence-electron chi connectivity index (χ1n) is 5.92. The first kappa shape index (κ1) is 14.9. The zero-order valence-corrected chi connectivity index (χ0v) is 11.7. The van der Waals surface area contributed by atoms with Crippen molar-refractivity contribution in [1.82, 2.24) is 0 Å². The zero-order valence-electron chi connectivity index (χ0n) is 10.5. The Hall–Kier alpha value is -0.123. The minimum absolute atomic E-state index is 0.624. The first-order chi connectivity index (χ1) is 7.26. The molecule has 0 aliphatic carbocycles. The van der Waals surface area contributed by atoms with Crippen LogP contribution in [0.5, 0.6) is 0 Å². The number of rotatable bonds is 10. The maximum atomic E-state index is 5.36. The highest BCUT2D eigenvalue weighted by Crippen LogP contribution is 2.19. The molecule has 0 fully saturated rings. The molecule has 15 heavy (non-hydrogen) atoms. The molecule has 0 radical (unpaired) electrons. The SMILES string of the molecule is C=CCCCCCCC(C)[SiH](OC)OC. The largest absolute Gasteiger partial charge is 0.400 e. The summed E-state index contributed by atoms with van der Waals surface area (Å²) in [5.41, 5.74) is 0.624. The van der Waals surface area contributed by atoms with Crippen molar-refractivity contribution < 1.29 is 8.85 Å². The van der Waals surface area contributed by atoms with Gasteiger partial charge in [-0.15, -0.1) is 6.58 Å². The number of hydrogen-bond acceptors (Lipinski definition) is 2. The predicted octanol–water partition coefficient (Wildman–Crippen LogP) is 3.42. The summed E-state index contributed by atoms with van der Waals surface area (Å²) < 4.78 is 10.7. The third-order valence-electron chi connectivity index (χ3n) is 2.75. The molecule has 2 nitrogen and oxygen atoms in total. The van der Waals surface area contributed by atoms with Gasteiger partial charge in [-0.05, 0) is 24.8 Å². The van der Waals surface area contributed by atoms with Gasteiger partial charge in [0.05, 0.1) is 0 Å². The molecule has 0 heterocycles. The van der Waals surface area contributed by atoms with Crippen molar-refractivity contribution in [3.63, 3.8) is 0 Å². The van der Waals surface area contributed by atoms with Crippen LogP contribution in [0.4, 0.5) is 0 Å². The van der Waals surface area contributed by atoms with Gasteiger partial charge in [0, 0.05) is 14.2 Å². The molecule has 0 saturated heterocycles. The van der Waals surface area contributed by atoms with Gasteiger partial charge in [-0.2, -0.15) is 0 Å². The molecule has 0 aromatic carbocycles. The van der Waals surface area contributed by atoms with Crippen molar-refractivity contribution in [2.24, 2.45) is 0 Å². The van der Waals surface area contributed by atoms with E-state index in [1.54, 1.807) is 14.2 Å². The predicted molar refractivity (Wildman–Crippen MR) is 68.5 cm³/mol. The Morgan fingerprint density at radius 3 is 2.27 bits per heavy atom. The molecule has 3 heteroatoms. The van der Waals surface area contributed by atoms with Crippen LogP contribution in [0.1, 0.15) is 45.4 Å². The van der Waals surface area contributed by atoms with Crippen molar-refractivity contribution in [3.05, 3.63) is 12.7 Å². The van der Waals surface area contributed by atoms with E-state index in [1.807, 2.05) is 6.08 Å². The van der Waals surface area contributed by atoms with E-state index >= 15 is 0 Å². The Morgan fingerprint density at radius 1 is 1.13 bits per heavy atom. The highest BCUT2D eigenvalue weighted by Gasteiger charge is 2.18. The number of hydrogen-bond donors (Lipinski definition) is 0. The van der Waals surface area contributed by atoms with E-state index in [4.69, 9.17) is 8.85 Å². The van der Waals surface area contributed by atoms with Gasteiger partial charge in [0.1, 0.15) is 0 Å². The van der Waals surface area contributed by atoms with Gasteiger partial charge in [0.25, 0.3) is 0 Å². The van der Waals surface area contributed by atoms with Gasteiger partial charge in [0.15, 0.2) is 0 Å². The van der Waals surface area contributed by atoms with Gasteiger partial charge in [-0.1, -0.05) is 32.3 Å². The Bertz CT molecular complexity index is 147. The average Bonchev–Trinajstić information content (AvgIpc) is 2.25. The van der Waals surface area contributed by atoms with E-state index in [-0.39, 0.29) is 0 Å². The van der Waals surface area contributed by atoms with E-state index in [0.717, 1.165) is 6.42 Å². The summed E-state index contributed by atoms with van der Waals surface area (Å²) in [6.07, 6.45) is 9.64. The van der Waals surface area contributed by atoms with Gasteiger partial charge >= 0.3 is 9.28 Å². The Balaban J connectivity index is 3.37. The molecular weight excluding hydrogens is 204 g/mol. The summed E-state index contributed by atoms with van der Waals surface area (Å²) in [7, 11) is 2.16. The van der Waals surface area contributed by atoms with Gasteiger partial charge in [0.2, 0.25) is 0 Å². The molecule has 0 rings (SSSR count). The topological polar surface area (TPSA) is 18.5 Å². The van der Waals surface area contributed by atoms with Crippen LogP contribution in [0.15, 0.2) is 12.7 Å². The van der Waals surface area contributed by atoms with Crippen molar-refractivity contribution in [3.8, 4) is 0 Å². The summed E-state index contributed by atoms with van der Waals surface area (Å²) in [6, 6.07) is 0. The molecule has 0 saturated carbocycles. The summed E-state index contributed by atoms with van der Waals surface area (Å²) in [5, 5.41) is 0. The fraction of sp³-hybridized carbons (Fsp3) is 0.833. The minimum Gasteiger partial charge on any atom is -0.400 e. The molecule has 90 valence electrons. The molecule has 0 N–H and O–H groups in total. The molecule has 0 aromatic heterocycles. The Kier molecular flexibility index (Phi) is 10.3. The van der Waals surface area contributed by atoms with Crippen molar-refractivity contribution in [1.29, 1.82) is 0 Å². The lowest BCUT2D eigenvalue weighted by atomic mass is 10.1. The molecule has 0 aromatic rings. The summed E-state index contributed by atoms with van der Waals surface area (Å²) >= 11 is 0. The number of allylic oxidation sites excluding steroid dienone is 1. The minimum atomic E-state index is -1.37. The second-order valence-corrected chi connectivity index (χ2v) is 6.91. The fourth-order valence-electron chi connectivity index (χ4n) is 1.81. The van der Waals surface area contributed by atoms with E-state index in [0.29, 0.717) is 5.54 Å². The Morgan fingerprint density at radius 2 is 1.73 bits per heavy atom. The maximum Gasteiger partial charge on any atom is 0.323 e. The highest BCUT2D eigenvalue weighted by molar-refractivity contribution is 6.46. The van der Waals surface area contributed by atoms with Crippen molar-refractivity contribution in [2.75, 3.05) is 14.2 Å². The van der Waals surface area contributed by atoms with Crippen LogP contribution in [0.25, 0.3) is 0 Å². The van der Waals surface area contributed by atoms with Crippen LogP contribution >= 0.6 is 0 Å². The number of unbranched alkanes of at least 4 members (excludes halogenated alkanes) is 4. The zero-order chi connectivity index (χ0) is 11.5. The van der Waals surface area contributed by atoms with Crippen LogP contribution in [0.2, 0.25) is 5.54 Å². The first-order valence-corrected chi connectivity index (χ1v) is 7.53. The van der Waals surface area contributed by atoms with Crippen LogP contribution < -0.4 is 0 Å². The van der Waals surface area contributed by atoms with Crippen LogP contribution in [0, 0.1) is 0 Å². The molecule has 1 unspecified atom stereocenters. The normalized spacial score (nSPS) is 13.1. The third kappa shape index (κ3) is 7.77. The summed E-state index contributed by atoms with van der Waals surface area (Å²) in [6.45, 7) is 5.97. The smallest absolute Gasteiger partial charge is 0.323 e. The van der Waals surface area contributed by atoms with E-state index in [1.165, 1.54) is 32.1 Å². The summed E-state index contributed by atoms with van der Waals surface area (Å²) in [4.78, 5) is 0. The molecule has 0 spiro atoms. The van der Waals surface area contributed by atoms with E-state index in [2.05, 4.69) is 13.5 Å². The monoisotopic (exact) mass is 230 g/mol. The second-order valence-electron chi connectivity index (χ2n) is 4.10.